The van der Waals surface area contributed by atoms with Gasteiger partial charge >= 0.3 is 6.18 Å². The van der Waals surface area contributed by atoms with Crippen LogP contribution in [-0.4, -0.2) is 16.0 Å². The van der Waals surface area contributed by atoms with Gasteiger partial charge in [-0.15, -0.1) is 0 Å². The zero-order valence-electron chi connectivity index (χ0n) is 15.0. The minimum atomic E-state index is -4.52. The van der Waals surface area contributed by atoms with Gasteiger partial charge in [0.05, 0.1) is 0 Å². The zero-order chi connectivity index (χ0) is 18.7. The Morgan fingerprint density at radius 3 is 2.27 bits per heavy atom. The quantitative estimate of drug-likeness (QED) is 0.741. The molecule has 7 heteroatoms. The van der Waals surface area contributed by atoms with Crippen LogP contribution in [0.15, 0.2) is 24.3 Å². The molecule has 1 aromatic carbocycles. The molecule has 1 aliphatic rings. The Hall–Kier alpha value is -2.31. The van der Waals surface area contributed by atoms with Crippen LogP contribution in [0.3, 0.4) is 0 Å². The number of rotatable bonds is 4. The summed E-state index contributed by atoms with van der Waals surface area (Å²) in [6.07, 6.45) is 0.650. The van der Waals surface area contributed by atoms with Crippen molar-refractivity contribution < 1.29 is 13.2 Å². The molecule has 0 unspecified atom stereocenters. The fraction of sp³-hybridized carbons (Fsp3) is 0.474. The third-order valence-corrected chi connectivity index (χ3v) is 4.69. The van der Waals surface area contributed by atoms with E-state index in [4.69, 9.17) is 0 Å². The number of anilines is 3. The molecule has 4 nitrogen and oxygen atoms in total. The van der Waals surface area contributed by atoms with Gasteiger partial charge in [-0.25, -0.2) is 4.98 Å². The smallest absolute Gasteiger partial charge is 0.351 e. The van der Waals surface area contributed by atoms with Crippen LogP contribution >= 0.6 is 0 Å². The van der Waals surface area contributed by atoms with Crippen molar-refractivity contribution in [1.82, 2.24) is 9.97 Å². The Balaban J connectivity index is 1.92. The Morgan fingerprint density at radius 1 is 1.00 bits per heavy atom. The highest BCUT2D eigenvalue weighted by Gasteiger charge is 2.34. The van der Waals surface area contributed by atoms with Gasteiger partial charge in [0.15, 0.2) is 5.69 Å². The second-order valence-electron chi connectivity index (χ2n) is 6.83. The molecule has 0 spiro atoms. The standard InChI is InChI=1S/C19H23F3N4/c1-12-7-6-8-13(2)17(12)25-16-11-15(19(20,21)22)24-18(26-16)23-14-9-4-3-5-10-14/h6-8,11,14H,3-5,9-10H2,1-2H3,(H2,23,24,25,26). The molecule has 0 bridgehead atoms. The van der Waals surface area contributed by atoms with Gasteiger partial charge in [0.2, 0.25) is 5.95 Å². The molecule has 2 aromatic rings. The monoisotopic (exact) mass is 364 g/mol. The lowest BCUT2D eigenvalue weighted by molar-refractivity contribution is -0.141. The predicted molar refractivity (Wildman–Crippen MR) is 96.7 cm³/mol. The van der Waals surface area contributed by atoms with Crippen LogP contribution in [0.1, 0.15) is 48.9 Å². The van der Waals surface area contributed by atoms with Crippen molar-refractivity contribution in [3.05, 3.63) is 41.1 Å². The van der Waals surface area contributed by atoms with Gasteiger partial charge in [-0.2, -0.15) is 18.2 Å². The van der Waals surface area contributed by atoms with E-state index in [0.29, 0.717) is 0 Å². The van der Waals surface area contributed by atoms with E-state index < -0.39 is 11.9 Å². The van der Waals surface area contributed by atoms with Crippen molar-refractivity contribution in [2.45, 2.75) is 58.2 Å². The van der Waals surface area contributed by atoms with E-state index in [2.05, 4.69) is 20.6 Å². The Kier molecular flexibility index (Phi) is 5.34. The van der Waals surface area contributed by atoms with E-state index >= 15 is 0 Å². The highest BCUT2D eigenvalue weighted by atomic mass is 19.4. The lowest BCUT2D eigenvalue weighted by Gasteiger charge is -2.23. The summed E-state index contributed by atoms with van der Waals surface area (Å²) >= 11 is 0. The van der Waals surface area contributed by atoms with Gasteiger partial charge in [-0.3, -0.25) is 0 Å². The lowest BCUT2D eigenvalue weighted by Crippen LogP contribution is -2.24. The summed E-state index contributed by atoms with van der Waals surface area (Å²) < 4.78 is 39.8. The van der Waals surface area contributed by atoms with Crippen LogP contribution in [0.2, 0.25) is 0 Å². The van der Waals surface area contributed by atoms with Gasteiger partial charge in [0.25, 0.3) is 0 Å². The van der Waals surface area contributed by atoms with Crippen molar-refractivity contribution in [1.29, 1.82) is 0 Å². The first-order valence-electron chi connectivity index (χ1n) is 8.89. The molecule has 2 N–H and O–H groups in total. The minimum Gasteiger partial charge on any atom is -0.351 e. The number of benzene rings is 1. The number of halogens is 3. The van der Waals surface area contributed by atoms with Crippen LogP contribution in [0.4, 0.5) is 30.6 Å². The predicted octanol–water partition coefficient (Wildman–Crippen LogP) is 5.60. The van der Waals surface area contributed by atoms with Crippen molar-refractivity contribution in [3.63, 3.8) is 0 Å². The fourth-order valence-corrected chi connectivity index (χ4v) is 3.29. The van der Waals surface area contributed by atoms with Gasteiger partial charge in [-0.1, -0.05) is 37.5 Å². The van der Waals surface area contributed by atoms with Crippen LogP contribution < -0.4 is 10.6 Å². The molecule has 140 valence electrons. The second kappa shape index (κ2) is 7.51. The Bertz CT molecular complexity index is 748. The number of alkyl halides is 3. The summed E-state index contributed by atoms with van der Waals surface area (Å²) in [4.78, 5) is 7.98. The summed E-state index contributed by atoms with van der Waals surface area (Å²) in [6.45, 7) is 3.81. The largest absolute Gasteiger partial charge is 0.433 e. The van der Waals surface area contributed by atoms with Crippen LogP contribution in [0.5, 0.6) is 0 Å². The first kappa shape index (κ1) is 18.5. The third kappa shape index (κ3) is 4.45. The molecular formula is C19H23F3N4. The molecular weight excluding hydrogens is 341 g/mol. The summed E-state index contributed by atoms with van der Waals surface area (Å²) in [7, 11) is 0. The first-order valence-corrected chi connectivity index (χ1v) is 8.89. The molecule has 1 aliphatic carbocycles. The molecule has 0 radical (unpaired) electrons. The van der Waals surface area contributed by atoms with E-state index in [-0.39, 0.29) is 17.8 Å². The minimum absolute atomic E-state index is 0.0282. The Labute approximate surface area is 151 Å². The summed E-state index contributed by atoms with van der Waals surface area (Å²) in [6, 6.07) is 6.80. The van der Waals surface area contributed by atoms with Crippen LogP contribution in [-0.2, 0) is 6.18 Å². The van der Waals surface area contributed by atoms with Crippen molar-refractivity contribution in [3.8, 4) is 0 Å². The maximum atomic E-state index is 13.3. The first-order chi connectivity index (χ1) is 12.3. The molecule has 0 saturated heterocycles. The third-order valence-electron chi connectivity index (χ3n) is 4.69. The van der Waals surface area contributed by atoms with E-state index in [0.717, 1.165) is 48.6 Å². The molecule has 0 atom stereocenters. The molecule has 1 fully saturated rings. The topological polar surface area (TPSA) is 49.8 Å². The van der Waals surface area contributed by atoms with Crippen molar-refractivity contribution in [2.24, 2.45) is 0 Å². The van der Waals surface area contributed by atoms with Crippen molar-refractivity contribution >= 4 is 17.5 Å². The summed E-state index contributed by atoms with van der Waals surface area (Å²) in [5.41, 5.74) is 1.71. The molecule has 1 heterocycles. The normalized spacial score (nSPS) is 15.7. The van der Waals surface area contributed by atoms with Gasteiger partial charge in [0.1, 0.15) is 5.82 Å². The zero-order valence-corrected chi connectivity index (χ0v) is 15.0. The molecule has 3 rings (SSSR count). The fourth-order valence-electron chi connectivity index (χ4n) is 3.29. The highest BCUT2D eigenvalue weighted by Crippen LogP contribution is 2.32. The molecule has 0 amide bonds. The number of nitrogens with one attached hydrogen (secondary N) is 2. The van der Waals surface area contributed by atoms with Crippen molar-refractivity contribution in [2.75, 3.05) is 10.6 Å². The maximum absolute atomic E-state index is 13.3. The number of aromatic nitrogens is 2. The van der Waals surface area contributed by atoms with E-state index in [1.807, 2.05) is 32.0 Å². The second-order valence-corrected chi connectivity index (χ2v) is 6.83. The van der Waals surface area contributed by atoms with Crippen LogP contribution in [0.25, 0.3) is 0 Å². The molecule has 26 heavy (non-hydrogen) atoms. The Morgan fingerprint density at radius 2 is 1.65 bits per heavy atom. The van der Waals surface area contributed by atoms with Gasteiger partial charge in [0, 0.05) is 17.8 Å². The average molecular weight is 364 g/mol. The van der Waals surface area contributed by atoms with Crippen LogP contribution in [0, 0.1) is 13.8 Å². The maximum Gasteiger partial charge on any atom is 0.433 e. The highest BCUT2D eigenvalue weighted by molar-refractivity contribution is 5.65. The van der Waals surface area contributed by atoms with E-state index in [1.165, 1.54) is 6.42 Å². The molecule has 1 saturated carbocycles. The summed E-state index contributed by atoms with van der Waals surface area (Å²) in [5.74, 6) is 0.170. The number of hydrogen-bond acceptors (Lipinski definition) is 4. The van der Waals surface area contributed by atoms with E-state index in [1.54, 1.807) is 0 Å². The number of aryl methyl sites for hydroxylation is 2. The van der Waals surface area contributed by atoms with Gasteiger partial charge < -0.3 is 10.6 Å². The molecule has 0 aliphatic heterocycles. The number of hydrogen-bond donors (Lipinski definition) is 2. The number of para-hydroxylation sites is 1. The average Bonchev–Trinajstić information content (AvgIpc) is 2.58. The summed E-state index contributed by atoms with van der Waals surface area (Å²) in [5, 5.41) is 6.13. The molecule has 1 aromatic heterocycles. The number of nitrogens with zero attached hydrogens (tertiary/aromatic N) is 2. The SMILES string of the molecule is Cc1cccc(C)c1Nc1cc(C(F)(F)F)nc(NC2CCCCC2)n1. The van der Waals surface area contributed by atoms with Gasteiger partial charge in [-0.05, 0) is 37.8 Å². The lowest BCUT2D eigenvalue weighted by atomic mass is 9.96. The van der Waals surface area contributed by atoms with E-state index in [9.17, 15) is 13.2 Å².